The molecule has 0 fully saturated rings. The van der Waals surface area contributed by atoms with Crippen LogP contribution in [0, 0.1) is 0 Å². The van der Waals surface area contributed by atoms with Crippen LogP contribution in [0.15, 0.2) is 84.5 Å². The molecule has 0 saturated carbocycles. The minimum atomic E-state index is -4.04. The molecule has 0 unspecified atom stereocenters. The lowest BCUT2D eigenvalue weighted by atomic mass is 10.2. The Balaban J connectivity index is 1.66. The maximum absolute atomic E-state index is 13.8. The van der Waals surface area contributed by atoms with E-state index in [1.165, 1.54) is 29.1 Å². The second kappa shape index (κ2) is 13.5. The number of carbonyl (C=O) groups is 2. The third-order valence-electron chi connectivity index (χ3n) is 5.98. The Labute approximate surface area is 262 Å². The van der Waals surface area contributed by atoms with Gasteiger partial charge in [-0.15, -0.1) is 0 Å². The highest BCUT2D eigenvalue weighted by atomic mass is 32.2. The summed E-state index contributed by atoms with van der Waals surface area (Å²) in [5.41, 5.74) is 0.179. The summed E-state index contributed by atoms with van der Waals surface area (Å²) in [5, 5.41) is 4.12. The van der Waals surface area contributed by atoms with E-state index in [2.05, 4.69) is 20.1 Å². The van der Waals surface area contributed by atoms with Gasteiger partial charge in [0.1, 0.15) is 41.1 Å². The average molecular weight is 636 g/mol. The number of rotatable bonds is 10. The molecule has 4 rings (SSSR count). The van der Waals surface area contributed by atoms with Crippen molar-refractivity contribution in [2.45, 2.75) is 70.7 Å². The molecule has 4 aromatic rings. The Bertz CT molecular complexity index is 1700. The monoisotopic (exact) mass is 635 g/mol. The quantitative estimate of drug-likeness (QED) is 0.227. The smallest absolute Gasteiger partial charge is 0.416 e. The van der Waals surface area contributed by atoms with Crippen LogP contribution in [0.4, 0.5) is 10.6 Å². The molecule has 238 valence electrons. The molecule has 0 radical (unpaired) electrons. The fraction of sp³-hybridized carbons (Fsp3) is 0.355. The Morgan fingerprint density at radius 1 is 0.867 bits per heavy atom. The molecule has 0 bridgehead atoms. The molecule has 0 aliphatic rings. The predicted molar refractivity (Wildman–Crippen MR) is 166 cm³/mol. The van der Waals surface area contributed by atoms with Crippen LogP contribution in [0.3, 0.4) is 0 Å². The summed E-state index contributed by atoms with van der Waals surface area (Å²) in [4.78, 5) is 39.6. The molecule has 0 saturated heterocycles. The summed E-state index contributed by atoms with van der Waals surface area (Å²) in [6, 6.07) is 15.1. The van der Waals surface area contributed by atoms with Gasteiger partial charge in [0.05, 0.1) is 17.9 Å². The Hall–Kier alpha value is -4.69. The SMILES string of the molecule is CC(C)(C)OC(=O)CN(C(=O)OC(C)(C)C)c1cccc(CN(Cc2ccc(-n3cncn3)cc2)S(=O)(=O)c2cccnc2)n1. The first-order chi connectivity index (χ1) is 21.1. The number of esters is 1. The number of sulfonamides is 1. The largest absolute Gasteiger partial charge is 0.459 e. The Kier molecular flexibility index (Phi) is 9.98. The third kappa shape index (κ3) is 9.40. The number of ether oxygens (including phenoxy) is 2. The van der Waals surface area contributed by atoms with E-state index in [1.54, 1.807) is 88.9 Å². The first-order valence-corrected chi connectivity index (χ1v) is 15.6. The summed E-state index contributed by atoms with van der Waals surface area (Å²) in [5.74, 6) is -0.556. The second-order valence-corrected chi connectivity index (χ2v) is 14.0. The number of benzene rings is 1. The van der Waals surface area contributed by atoms with Crippen LogP contribution < -0.4 is 4.90 Å². The van der Waals surface area contributed by atoms with Crippen LogP contribution >= 0.6 is 0 Å². The van der Waals surface area contributed by atoms with Crippen LogP contribution in [0.5, 0.6) is 0 Å². The summed E-state index contributed by atoms with van der Waals surface area (Å²) < 4.78 is 41.5. The van der Waals surface area contributed by atoms with Crippen LogP contribution in [0.25, 0.3) is 5.69 Å². The van der Waals surface area contributed by atoms with Gasteiger partial charge in [0.2, 0.25) is 10.0 Å². The maximum atomic E-state index is 13.8. The molecule has 3 heterocycles. The molecule has 13 nitrogen and oxygen atoms in total. The second-order valence-electron chi connectivity index (χ2n) is 12.1. The van der Waals surface area contributed by atoms with Crippen LogP contribution in [-0.4, -0.2) is 67.3 Å². The van der Waals surface area contributed by atoms with E-state index >= 15 is 0 Å². The third-order valence-corrected chi connectivity index (χ3v) is 7.75. The van der Waals surface area contributed by atoms with E-state index < -0.39 is 39.8 Å². The lowest BCUT2D eigenvalue weighted by Gasteiger charge is -2.28. The molecule has 0 spiro atoms. The molecule has 14 heteroatoms. The summed E-state index contributed by atoms with van der Waals surface area (Å²) in [6.07, 6.45) is 4.97. The summed E-state index contributed by atoms with van der Waals surface area (Å²) in [6.45, 7) is 9.70. The fourth-order valence-corrected chi connectivity index (χ4v) is 5.48. The van der Waals surface area contributed by atoms with Crippen molar-refractivity contribution in [3.8, 4) is 5.69 Å². The number of hydrogen-bond acceptors (Lipinski definition) is 10. The van der Waals surface area contributed by atoms with E-state index in [0.717, 1.165) is 10.6 Å². The predicted octanol–water partition coefficient (Wildman–Crippen LogP) is 4.53. The van der Waals surface area contributed by atoms with Gasteiger partial charge in [-0.1, -0.05) is 18.2 Å². The number of anilines is 1. The number of carbonyl (C=O) groups excluding carboxylic acids is 2. The minimum absolute atomic E-state index is 0.00839. The van der Waals surface area contributed by atoms with Crippen molar-refractivity contribution in [3.63, 3.8) is 0 Å². The highest BCUT2D eigenvalue weighted by Crippen LogP contribution is 2.23. The molecule has 1 amide bonds. The fourth-order valence-electron chi connectivity index (χ4n) is 4.12. The Morgan fingerprint density at radius 2 is 1.58 bits per heavy atom. The normalized spacial score (nSPS) is 12.2. The van der Waals surface area contributed by atoms with E-state index in [1.807, 2.05) is 12.1 Å². The number of hydrogen-bond donors (Lipinski definition) is 0. The lowest BCUT2D eigenvalue weighted by molar-refractivity contribution is -0.153. The first-order valence-electron chi connectivity index (χ1n) is 14.1. The van der Waals surface area contributed by atoms with Gasteiger partial charge in [0.15, 0.2) is 0 Å². The standard InChI is InChI=1S/C31H37N7O6S/c1-30(2,3)43-28(39)20-37(29(40)44-31(4,5)6)27-11-7-9-24(35-27)19-36(45(41,42)26-10-8-16-32-17-26)18-23-12-14-25(15-13-23)38-22-33-21-34-38/h7-17,21-22H,18-20H2,1-6H3. The van der Waals surface area contributed by atoms with Gasteiger partial charge in [-0.3, -0.25) is 14.7 Å². The summed E-state index contributed by atoms with van der Waals surface area (Å²) in [7, 11) is -4.04. The van der Waals surface area contributed by atoms with E-state index in [-0.39, 0.29) is 23.8 Å². The van der Waals surface area contributed by atoms with Crippen molar-refractivity contribution in [1.82, 2.24) is 29.0 Å². The highest BCUT2D eigenvalue weighted by molar-refractivity contribution is 7.89. The van der Waals surface area contributed by atoms with Gasteiger partial charge in [-0.25, -0.2) is 27.9 Å². The number of aromatic nitrogens is 5. The zero-order valence-corrected chi connectivity index (χ0v) is 26.9. The van der Waals surface area contributed by atoms with Crippen molar-refractivity contribution in [2.75, 3.05) is 11.4 Å². The van der Waals surface area contributed by atoms with Crippen molar-refractivity contribution < 1.29 is 27.5 Å². The Morgan fingerprint density at radius 3 is 2.18 bits per heavy atom. The zero-order valence-electron chi connectivity index (χ0n) is 26.1. The van der Waals surface area contributed by atoms with Gasteiger partial charge in [0, 0.05) is 18.9 Å². The summed E-state index contributed by atoms with van der Waals surface area (Å²) >= 11 is 0. The molecule has 3 aromatic heterocycles. The molecule has 1 aromatic carbocycles. The van der Waals surface area contributed by atoms with Gasteiger partial charge in [-0.05, 0) is 83.5 Å². The van der Waals surface area contributed by atoms with Crippen molar-refractivity contribution in [1.29, 1.82) is 0 Å². The van der Waals surface area contributed by atoms with Crippen LogP contribution in [-0.2, 0) is 37.4 Å². The van der Waals surface area contributed by atoms with E-state index in [9.17, 15) is 18.0 Å². The average Bonchev–Trinajstić information content (AvgIpc) is 3.50. The minimum Gasteiger partial charge on any atom is -0.459 e. The van der Waals surface area contributed by atoms with Gasteiger partial charge in [-0.2, -0.15) is 9.40 Å². The molecule has 0 aliphatic heterocycles. The molecular formula is C31H37N7O6S. The maximum Gasteiger partial charge on any atom is 0.416 e. The van der Waals surface area contributed by atoms with Crippen LogP contribution in [0.1, 0.15) is 52.8 Å². The van der Waals surface area contributed by atoms with E-state index in [0.29, 0.717) is 11.3 Å². The highest BCUT2D eigenvalue weighted by Gasteiger charge is 2.30. The number of pyridine rings is 2. The van der Waals surface area contributed by atoms with Gasteiger partial charge in [0.25, 0.3) is 0 Å². The van der Waals surface area contributed by atoms with E-state index in [4.69, 9.17) is 9.47 Å². The molecule has 0 N–H and O–H groups in total. The number of amides is 1. The van der Waals surface area contributed by atoms with Crippen LogP contribution in [0.2, 0.25) is 0 Å². The van der Waals surface area contributed by atoms with Gasteiger partial charge >= 0.3 is 12.1 Å². The zero-order chi connectivity index (χ0) is 32.8. The number of nitrogens with zero attached hydrogens (tertiary/aromatic N) is 7. The topological polar surface area (TPSA) is 150 Å². The molecule has 45 heavy (non-hydrogen) atoms. The molecular weight excluding hydrogens is 598 g/mol. The van der Waals surface area contributed by atoms with Crippen molar-refractivity contribution >= 4 is 27.9 Å². The van der Waals surface area contributed by atoms with Crippen molar-refractivity contribution in [2.24, 2.45) is 0 Å². The molecule has 0 atom stereocenters. The lowest BCUT2D eigenvalue weighted by Crippen LogP contribution is -2.42. The first kappa shape index (κ1) is 33.2. The van der Waals surface area contributed by atoms with Crippen molar-refractivity contribution in [3.05, 3.63) is 90.9 Å². The molecule has 0 aliphatic carbocycles. The van der Waals surface area contributed by atoms with Gasteiger partial charge < -0.3 is 9.47 Å².